The van der Waals surface area contributed by atoms with Crippen molar-refractivity contribution in [3.8, 4) is 0 Å². The van der Waals surface area contributed by atoms with Crippen LogP contribution in [-0.2, 0) is 14.3 Å². The number of carbonyl (C=O) groups excluding carboxylic acids is 2. The molecule has 0 saturated heterocycles. The fourth-order valence-corrected chi connectivity index (χ4v) is 1.81. The Kier molecular flexibility index (Phi) is 6.69. The minimum absolute atomic E-state index is 0.226. The molecular formula is C18H23NO4. The molecule has 0 bridgehead atoms. The van der Waals surface area contributed by atoms with Crippen molar-refractivity contribution >= 4 is 17.8 Å². The molecule has 0 heterocycles. The second kappa shape index (κ2) is 8.27. The topological polar surface area (TPSA) is 65.0 Å². The summed E-state index contributed by atoms with van der Waals surface area (Å²) in [6.07, 6.45) is 0.828. The van der Waals surface area contributed by atoms with Crippen molar-refractivity contribution in [2.75, 3.05) is 6.61 Å². The summed E-state index contributed by atoms with van der Waals surface area (Å²) in [5, 5.41) is 0. The van der Waals surface area contributed by atoms with Crippen LogP contribution in [0.4, 0.5) is 4.79 Å². The van der Waals surface area contributed by atoms with Gasteiger partial charge in [0.25, 0.3) is 0 Å². The summed E-state index contributed by atoms with van der Waals surface area (Å²) in [6, 6.07) is 8.99. The van der Waals surface area contributed by atoms with Crippen LogP contribution in [0.1, 0.15) is 40.2 Å². The van der Waals surface area contributed by atoms with Crippen molar-refractivity contribution in [3.05, 3.63) is 47.5 Å². The van der Waals surface area contributed by atoms with Crippen molar-refractivity contribution in [2.45, 2.75) is 40.2 Å². The third-order valence-electron chi connectivity index (χ3n) is 2.68. The number of hydrogen-bond acceptors (Lipinski definition) is 4. The molecule has 0 aliphatic heterocycles. The van der Waals surface area contributed by atoms with Crippen molar-refractivity contribution < 1.29 is 19.1 Å². The van der Waals surface area contributed by atoms with E-state index in [-0.39, 0.29) is 17.9 Å². The maximum Gasteiger partial charge on any atom is 0.434 e. The Morgan fingerprint density at radius 2 is 1.78 bits per heavy atom. The SMILES string of the molecule is C/C=C(C(=O)OCC)\C(=N/C(=O)OC(C)(C)C)c1ccccc1. The Hall–Kier alpha value is -2.43. The molecule has 0 N–H and O–H groups in total. The van der Waals surface area contributed by atoms with E-state index in [0.29, 0.717) is 5.56 Å². The number of hydrogen-bond donors (Lipinski definition) is 0. The molecule has 1 rings (SSSR count). The number of aliphatic imine (C=N–C) groups is 1. The summed E-state index contributed by atoms with van der Waals surface area (Å²) in [4.78, 5) is 28.2. The molecule has 5 heteroatoms. The molecule has 0 atom stereocenters. The average molecular weight is 317 g/mol. The lowest BCUT2D eigenvalue weighted by Gasteiger charge is -2.18. The van der Waals surface area contributed by atoms with E-state index in [1.807, 2.05) is 6.07 Å². The quantitative estimate of drug-likeness (QED) is 0.479. The van der Waals surface area contributed by atoms with Gasteiger partial charge in [-0.25, -0.2) is 9.59 Å². The Morgan fingerprint density at radius 1 is 1.17 bits per heavy atom. The Morgan fingerprint density at radius 3 is 2.26 bits per heavy atom. The van der Waals surface area contributed by atoms with Crippen molar-refractivity contribution in [1.29, 1.82) is 0 Å². The van der Waals surface area contributed by atoms with E-state index in [9.17, 15) is 9.59 Å². The molecule has 5 nitrogen and oxygen atoms in total. The third kappa shape index (κ3) is 6.06. The van der Waals surface area contributed by atoms with Gasteiger partial charge in [0.05, 0.1) is 17.9 Å². The molecule has 0 aliphatic carbocycles. The van der Waals surface area contributed by atoms with Crippen LogP contribution in [0, 0.1) is 0 Å². The van der Waals surface area contributed by atoms with Gasteiger partial charge in [0.15, 0.2) is 0 Å². The normalized spacial score (nSPS) is 12.7. The first kappa shape index (κ1) is 18.6. The maximum atomic E-state index is 12.1. The van der Waals surface area contributed by atoms with Gasteiger partial charge in [0.1, 0.15) is 5.60 Å². The first-order valence-electron chi connectivity index (χ1n) is 7.49. The van der Waals surface area contributed by atoms with E-state index >= 15 is 0 Å². The minimum Gasteiger partial charge on any atom is -0.462 e. The smallest absolute Gasteiger partial charge is 0.434 e. The van der Waals surface area contributed by atoms with E-state index in [2.05, 4.69) is 4.99 Å². The van der Waals surface area contributed by atoms with E-state index in [0.717, 1.165) is 0 Å². The van der Waals surface area contributed by atoms with E-state index in [1.54, 1.807) is 65.0 Å². The number of carbonyl (C=O) groups is 2. The summed E-state index contributed by atoms with van der Waals surface area (Å²) < 4.78 is 10.3. The third-order valence-corrected chi connectivity index (χ3v) is 2.68. The maximum absolute atomic E-state index is 12.1. The lowest BCUT2D eigenvalue weighted by Crippen LogP contribution is -2.24. The predicted molar refractivity (Wildman–Crippen MR) is 89.6 cm³/mol. The molecule has 0 saturated carbocycles. The largest absolute Gasteiger partial charge is 0.462 e. The van der Waals surface area contributed by atoms with Crippen LogP contribution in [0.15, 0.2) is 47.0 Å². The van der Waals surface area contributed by atoms with Crippen molar-refractivity contribution in [3.63, 3.8) is 0 Å². The number of amides is 1. The summed E-state index contributed by atoms with van der Waals surface area (Å²) in [5.74, 6) is -0.527. The van der Waals surface area contributed by atoms with Crippen molar-refractivity contribution in [2.24, 2.45) is 4.99 Å². The Bertz CT molecular complexity index is 610. The van der Waals surface area contributed by atoms with Crippen LogP contribution in [0.2, 0.25) is 0 Å². The molecule has 1 aromatic rings. The fourth-order valence-electron chi connectivity index (χ4n) is 1.81. The van der Waals surface area contributed by atoms with Gasteiger partial charge in [-0.3, -0.25) is 0 Å². The highest BCUT2D eigenvalue weighted by molar-refractivity contribution is 6.28. The molecule has 124 valence electrons. The number of rotatable bonds is 4. The monoisotopic (exact) mass is 317 g/mol. The van der Waals surface area contributed by atoms with Gasteiger partial charge in [-0.05, 0) is 34.6 Å². The van der Waals surface area contributed by atoms with Crippen LogP contribution in [-0.4, -0.2) is 30.0 Å². The highest BCUT2D eigenvalue weighted by Gasteiger charge is 2.22. The number of ether oxygens (including phenoxy) is 2. The summed E-state index contributed by atoms with van der Waals surface area (Å²) in [6.45, 7) is 8.92. The van der Waals surface area contributed by atoms with Gasteiger partial charge in [-0.1, -0.05) is 36.4 Å². The predicted octanol–water partition coefficient (Wildman–Crippen LogP) is 3.92. The molecule has 0 aromatic heterocycles. The minimum atomic E-state index is -0.750. The highest BCUT2D eigenvalue weighted by atomic mass is 16.6. The second-order valence-corrected chi connectivity index (χ2v) is 5.73. The average Bonchev–Trinajstić information content (AvgIpc) is 2.46. The molecule has 0 radical (unpaired) electrons. The summed E-state index contributed by atoms with van der Waals surface area (Å²) >= 11 is 0. The van der Waals surface area contributed by atoms with E-state index < -0.39 is 17.7 Å². The number of nitrogens with zero attached hydrogens (tertiary/aromatic N) is 1. The van der Waals surface area contributed by atoms with Crippen molar-refractivity contribution in [1.82, 2.24) is 0 Å². The van der Waals surface area contributed by atoms with Gasteiger partial charge < -0.3 is 9.47 Å². The van der Waals surface area contributed by atoms with Crippen LogP contribution in [0.25, 0.3) is 0 Å². The van der Waals surface area contributed by atoms with Gasteiger partial charge in [-0.2, -0.15) is 4.99 Å². The van der Waals surface area contributed by atoms with Crippen LogP contribution < -0.4 is 0 Å². The fraction of sp³-hybridized carbons (Fsp3) is 0.389. The lowest BCUT2D eigenvalue weighted by molar-refractivity contribution is -0.137. The number of benzene rings is 1. The lowest BCUT2D eigenvalue weighted by atomic mass is 10.0. The zero-order chi connectivity index (χ0) is 17.5. The van der Waals surface area contributed by atoms with E-state index in [1.165, 1.54) is 0 Å². The zero-order valence-corrected chi connectivity index (χ0v) is 14.3. The molecule has 1 amide bonds. The molecule has 1 aromatic carbocycles. The van der Waals surface area contributed by atoms with Gasteiger partial charge in [0, 0.05) is 5.56 Å². The highest BCUT2D eigenvalue weighted by Crippen LogP contribution is 2.15. The van der Waals surface area contributed by atoms with Crippen LogP contribution in [0.3, 0.4) is 0 Å². The standard InChI is InChI=1S/C18H23NO4/c1-6-14(16(20)22-7-2)15(13-11-9-8-10-12-13)19-17(21)23-18(3,4)5/h6,8-12H,7H2,1-5H3/b14-6+,19-15-. The second-order valence-electron chi connectivity index (χ2n) is 5.73. The number of esters is 1. The molecule has 0 fully saturated rings. The molecule has 0 aliphatic rings. The van der Waals surface area contributed by atoms with Gasteiger partial charge in [0.2, 0.25) is 0 Å². The molecule has 0 unspecified atom stereocenters. The molecular weight excluding hydrogens is 294 g/mol. The summed E-state index contributed by atoms with van der Waals surface area (Å²) in [5.41, 5.74) is 0.437. The Balaban J connectivity index is 3.28. The van der Waals surface area contributed by atoms with Crippen LogP contribution >= 0.6 is 0 Å². The molecule has 23 heavy (non-hydrogen) atoms. The Labute approximate surface area is 137 Å². The van der Waals surface area contributed by atoms with Crippen LogP contribution in [0.5, 0.6) is 0 Å². The van der Waals surface area contributed by atoms with Gasteiger partial charge in [-0.15, -0.1) is 0 Å². The first-order valence-corrected chi connectivity index (χ1v) is 7.49. The molecule has 0 spiro atoms. The van der Waals surface area contributed by atoms with Gasteiger partial charge >= 0.3 is 12.1 Å². The zero-order valence-electron chi connectivity index (χ0n) is 14.3. The van der Waals surface area contributed by atoms with E-state index in [4.69, 9.17) is 9.47 Å². The first-order chi connectivity index (χ1) is 10.8. The summed E-state index contributed by atoms with van der Waals surface area (Å²) in [7, 11) is 0. The number of allylic oxidation sites excluding steroid dienone is 1.